The standard InChI is InChI=1S/C19H32N4O2/c1-13(2)17(20)18(25)21-11-16(24)22-12-19(4,5)23-14(3)15-9-7-6-8-10-15/h6-10,13-14,17,23H,11-12,20H2,1-5H3,(H,21,25)(H,22,24)/t14?,17-/m0/s1. The van der Waals surface area contributed by atoms with Crippen LogP contribution < -0.4 is 21.7 Å². The average molecular weight is 348 g/mol. The van der Waals surface area contributed by atoms with Crippen molar-refractivity contribution in [2.24, 2.45) is 11.7 Å². The SMILES string of the molecule is CC(NC(C)(C)CNC(=O)CNC(=O)[C@@H](N)C(C)C)c1ccccc1. The number of nitrogens with one attached hydrogen (secondary N) is 3. The zero-order valence-electron chi connectivity index (χ0n) is 15.9. The predicted molar refractivity (Wildman–Crippen MR) is 101 cm³/mol. The summed E-state index contributed by atoms with van der Waals surface area (Å²) in [7, 11) is 0. The van der Waals surface area contributed by atoms with Crippen LogP contribution in [-0.4, -0.2) is 36.5 Å². The Morgan fingerprint density at radius 1 is 1.08 bits per heavy atom. The molecule has 0 heterocycles. The normalized spacial score (nSPS) is 14.0. The van der Waals surface area contributed by atoms with Crippen molar-refractivity contribution in [3.8, 4) is 0 Å². The van der Waals surface area contributed by atoms with E-state index in [0.29, 0.717) is 6.54 Å². The van der Waals surface area contributed by atoms with Gasteiger partial charge in [0, 0.05) is 18.1 Å². The molecule has 6 heteroatoms. The van der Waals surface area contributed by atoms with Crippen LogP contribution in [0.2, 0.25) is 0 Å². The summed E-state index contributed by atoms with van der Waals surface area (Å²) in [5, 5.41) is 8.92. The first-order chi connectivity index (χ1) is 11.6. The Kier molecular flexibility index (Phi) is 8.06. The summed E-state index contributed by atoms with van der Waals surface area (Å²) in [6.07, 6.45) is 0. The maximum atomic E-state index is 11.9. The molecule has 0 spiro atoms. The zero-order valence-corrected chi connectivity index (χ0v) is 15.9. The lowest BCUT2D eigenvalue weighted by Crippen LogP contribution is -2.52. The highest BCUT2D eigenvalue weighted by Gasteiger charge is 2.22. The quantitative estimate of drug-likeness (QED) is 0.541. The number of carbonyl (C=O) groups excluding carboxylic acids is 2. The van der Waals surface area contributed by atoms with Crippen molar-refractivity contribution < 1.29 is 9.59 Å². The molecule has 6 nitrogen and oxygen atoms in total. The molecule has 5 N–H and O–H groups in total. The van der Waals surface area contributed by atoms with E-state index in [-0.39, 0.29) is 35.9 Å². The third kappa shape index (κ3) is 7.67. The number of carbonyl (C=O) groups is 2. The van der Waals surface area contributed by atoms with Gasteiger partial charge in [-0.1, -0.05) is 44.2 Å². The summed E-state index contributed by atoms with van der Waals surface area (Å²) in [6.45, 7) is 10.3. The minimum atomic E-state index is -0.599. The highest BCUT2D eigenvalue weighted by atomic mass is 16.2. The van der Waals surface area contributed by atoms with Crippen LogP contribution in [0.3, 0.4) is 0 Å². The van der Waals surface area contributed by atoms with Gasteiger partial charge in [-0.15, -0.1) is 0 Å². The van der Waals surface area contributed by atoms with Crippen molar-refractivity contribution in [2.75, 3.05) is 13.1 Å². The highest BCUT2D eigenvalue weighted by Crippen LogP contribution is 2.15. The van der Waals surface area contributed by atoms with Gasteiger partial charge in [0.15, 0.2) is 0 Å². The van der Waals surface area contributed by atoms with Crippen LogP contribution >= 0.6 is 0 Å². The van der Waals surface area contributed by atoms with E-state index in [2.05, 4.69) is 35.0 Å². The molecule has 0 aliphatic carbocycles. The molecule has 1 aromatic rings. The Hall–Kier alpha value is -1.92. The second-order valence-electron chi connectivity index (χ2n) is 7.42. The van der Waals surface area contributed by atoms with Crippen LogP contribution in [0.1, 0.15) is 46.2 Å². The van der Waals surface area contributed by atoms with Crippen LogP contribution in [-0.2, 0) is 9.59 Å². The maximum absolute atomic E-state index is 11.9. The summed E-state index contributed by atoms with van der Waals surface area (Å²) >= 11 is 0. The van der Waals surface area contributed by atoms with Crippen molar-refractivity contribution in [3.05, 3.63) is 35.9 Å². The van der Waals surface area contributed by atoms with Gasteiger partial charge in [-0.2, -0.15) is 0 Å². The van der Waals surface area contributed by atoms with Gasteiger partial charge in [0.25, 0.3) is 0 Å². The fourth-order valence-corrected chi connectivity index (χ4v) is 2.43. The molecule has 1 rings (SSSR count). The summed E-state index contributed by atoms with van der Waals surface area (Å²) in [5.74, 6) is -0.502. The van der Waals surface area contributed by atoms with Gasteiger partial charge in [-0.3, -0.25) is 9.59 Å². The zero-order chi connectivity index (χ0) is 19.0. The average Bonchev–Trinajstić information content (AvgIpc) is 2.57. The van der Waals surface area contributed by atoms with Crippen molar-refractivity contribution in [1.29, 1.82) is 0 Å². The van der Waals surface area contributed by atoms with Crippen molar-refractivity contribution in [1.82, 2.24) is 16.0 Å². The Balaban J connectivity index is 2.39. The molecule has 2 amide bonds. The molecule has 0 saturated carbocycles. The molecular formula is C19H32N4O2. The van der Waals surface area contributed by atoms with E-state index in [0.717, 1.165) is 0 Å². The molecule has 0 aliphatic rings. The molecule has 0 aliphatic heterocycles. The molecule has 1 unspecified atom stereocenters. The molecule has 0 radical (unpaired) electrons. The van der Waals surface area contributed by atoms with E-state index in [9.17, 15) is 9.59 Å². The lowest BCUT2D eigenvalue weighted by Gasteiger charge is -2.31. The van der Waals surface area contributed by atoms with Gasteiger partial charge in [0.05, 0.1) is 12.6 Å². The molecule has 140 valence electrons. The number of nitrogens with two attached hydrogens (primary N) is 1. The number of hydrogen-bond acceptors (Lipinski definition) is 4. The Morgan fingerprint density at radius 3 is 2.24 bits per heavy atom. The lowest BCUT2D eigenvalue weighted by atomic mass is 10.0. The van der Waals surface area contributed by atoms with Crippen LogP contribution in [0, 0.1) is 5.92 Å². The summed E-state index contributed by atoms with van der Waals surface area (Å²) < 4.78 is 0. The molecule has 0 fully saturated rings. The summed E-state index contributed by atoms with van der Waals surface area (Å²) in [5.41, 5.74) is 6.65. The number of rotatable bonds is 9. The third-order valence-electron chi connectivity index (χ3n) is 4.08. The fraction of sp³-hybridized carbons (Fsp3) is 0.579. The smallest absolute Gasteiger partial charge is 0.239 e. The van der Waals surface area contributed by atoms with Gasteiger partial charge in [-0.25, -0.2) is 0 Å². The Bertz CT molecular complexity index is 558. The van der Waals surface area contributed by atoms with Gasteiger partial charge < -0.3 is 21.7 Å². The number of amides is 2. The largest absolute Gasteiger partial charge is 0.353 e. The molecule has 2 atom stereocenters. The minimum Gasteiger partial charge on any atom is -0.353 e. The van der Waals surface area contributed by atoms with E-state index in [1.807, 2.05) is 45.9 Å². The van der Waals surface area contributed by atoms with Crippen molar-refractivity contribution in [2.45, 2.75) is 52.2 Å². The molecule has 1 aromatic carbocycles. The van der Waals surface area contributed by atoms with E-state index < -0.39 is 6.04 Å². The van der Waals surface area contributed by atoms with Crippen LogP contribution in [0.25, 0.3) is 0 Å². The molecule has 0 saturated heterocycles. The monoisotopic (exact) mass is 348 g/mol. The second-order valence-corrected chi connectivity index (χ2v) is 7.42. The van der Waals surface area contributed by atoms with E-state index >= 15 is 0 Å². The predicted octanol–water partition coefficient (Wildman–Crippen LogP) is 1.33. The number of hydrogen-bond donors (Lipinski definition) is 4. The highest BCUT2D eigenvalue weighted by molar-refractivity contribution is 5.87. The van der Waals surface area contributed by atoms with Gasteiger partial charge in [0.1, 0.15) is 0 Å². The topological polar surface area (TPSA) is 96.2 Å². The number of benzene rings is 1. The van der Waals surface area contributed by atoms with Crippen molar-refractivity contribution in [3.63, 3.8) is 0 Å². The molecule has 0 aromatic heterocycles. The van der Waals surface area contributed by atoms with Gasteiger partial charge >= 0.3 is 0 Å². The third-order valence-corrected chi connectivity index (χ3v) is 4.08. The van der Waals surface area contributed by atoms with E-state index in [1.165, 1.54) is 5.56 Å². The van der Waals surface area contributed by atoms with Gasteiger partial charge in [0.2, 0.25) is 11.8 Å². The second kappa shape index (κ2) is 9.53. The lowest BCUT2D eigenvalue weighted by molar-refractivity contribution is -0.127. The van der Waals surface area contributed by atoms with E-state index in [1.54, 1.807) is 0 Å². The summed E-state index contributed by atoms with van der Waals surface area (Å²) in [4.78, 5) is 23.7. The Labute approximate surface area is 150 Å². The van der Waals surface area contributed by atoms with Crippen LogP contribution in [0.5, 0.6) is 0 Å². The minimum absolute atomic E-state index is 0.0330. The first-order valence-corrected chi connectivity index (χ1v) is 8.75. The van der Waals surface area contributed by atoms with Crippen molar-refractivity contribution >= 4 is 11.8 Å². The maximum Gasteiger partial charge on any atom is 0.239 e. The fourth-order valence-electron chi connectivity index (χ4n) is 2.43. The Morgan fingerprint density at radius 2 is 1.68 bits per heavy atom. The molecule has 0 bridgehead atoms. The first kappa shape index (κ1) is 21.1. The molecular weight excluding hydrogens is 316 g/mol. The van der Waals surface area contributed by atoms with Crippen LogP contribution in [0.4, 0.5) is 0 Å². The molecule has 25 heavy (non-hydrogen) atoms. The van der Waals surface area contributed by atoms with E-state index in [4.69, 9.17) is 5.73 Å². The van der Waals surface area contributed by atoms with Gasteiger partial charge in [-0.05, 0) is 32.3 Å². The van der Waals surface area contributed by atoms with Crippen LogP contribution in [0.15, 0.2) is 30.3 Å². The summed E-state index contributed by atoms with van der Waals surface area (Å²) in [6, 6.07) is 9.70. The first-order valence-electron chi connectivity index (χ1n) is 8.75.